The van der Waals surface area contributed by atoms with Gasteiger partial charge in [-0.25, -0.2) is 0 Å². The molecule has 0 saturated heterocycles. The van der Waals surface area contributed by atoms with E-state index in [0.717, 1.165) is 18.4 Å². The van der Waals surface area contributed by atoms with Gasteiger partial charge in [0, 0.05) is 5.92 Å². The third-order valence-electron chi connectivity index (χ3n) is 4.70. The van der Waals surface area contributed by atoms with E-state index < -0.39 is 0 Å². The van der Waals surface area contributed by atoms with Crippen LogP contribution in [0.4, 0.5) is 0 Å². The first kappa shape index (κ1) is 14.8. The van der Waals surface area contributed by atoms with Crippen molar-refractivity contribution >= 4 is 5.91 Å². The summed E-state index contributed by atoms with van der Waals surface area (Å²) in [5, 5.41) is 3.13. The van der Waals surface area contributed by atoms with E-state index in [4.69, 9.17) is 0 Å². The van der Waals surface area contributed by atoms with Crippen LogP contribution in [0.2, 0.25) is 0 Å². The van der Waals surface area contributed by atoms with Gasteiger partial charge in [-0.15, -0.1) is 0 Å². The van der Waals surface area contributed by atoms with Crippen molar-refractivity contribution in [1.82, 2.24) is 5.32 Å². The Morgan fingerprint density at radius 1 is 1.25 bits per heavy atom. The van der Waals surface area contributed by atoms with Crippen molar-refractivity contribution in [3.8, 4) is 0 Å². The number of carbonyl (C=O) groups is 1. The maximum Gasteiger partial charge on any atom is 0.223 e. The molecule has 0 unspecified atom stereocenters. The molecule has 20 heavy (non-hydrogen) atoms. The monoisotopic (exact) mass is 271 g/mol. The minimum atomic E-state index is 0.0126. The molecule has 1 fully saturated rings. The van der Waals surface area contributed by atoms with Crippen molar-refractivity contribution in [3.63, 3.8) is 0 Å². The van der Waals surface area contributed by atoms with Gasteiger partial charge in [0.2, 0.25) is 5.91 Å². The van der Waals surface area contributed by atoms with Gasteiger partial charge < -0.3 is 5.32 Å². The average molecular weight is 271 g/mol. The molecule has 2 rings (SSSR count). The topological polar surface area (TPSA) is 29.1 Å². The minimum Gasteiger partial charge on any atom is -0.349 e. The van der Waals surface area contributed by atoms with Gasteiger partial charge in [0.1, 0.15) is 0 Å². The number of carbonyl (C=O) groups excluding carboxylic acids is 1. The molecule has 108 valence electrons. The first-order valence-corrected chi connectivity index (χ1v) is 7.54. The van der Waals surface area contributed by atoms with Gasteiger partial charge in [-0.3, -0.25) is 4.79 Å². The molecular weight excluding hydrogens is 246 g/mol. The van der Waals surface area contributed by atoms with Gasteiger partial charge in [-0.2, -0.15) is 0 Å². The van der Waals surface area contributed by atoms with E-state index in [2.05, 4.69) is 18.8 Å². The molecule has 2 heteroatoms. The number of rotatable bonds is 4. The summed E-state index contributed by atoms with van der Waals surface area (Å²) in [6.45, 7) is 10.4. The molecule has 1 saturated carbocycles. The Morgan fingerprint density at radius 3 is 2.45 bits per heavy atom. The van der Waals surface area contributed by atoms with E-state index in [-0.39, 0.29) is 17.9 Å². The Bertz CT molecular complexity index is 479. The summed E-state index contributed by atoms with van der Waals surface area (Å²) in [7, 11) is 0. The van der Waals surface area contributed by atoms with Crippen molar-refractivity contribution in [3.05, 3.63) is 48.0 Å². The molecule has 1 aliphatic rings. The molecule has 1 aliphatic carbocycles. The number of amides is 1. The summed E-state index contributed by atoms with van der Waals surface area (Å²) in [5.74, 6) is 1.05. The van der Waals surface area contributed by atoms with Gasteiger partial charge >= 0.3 is 0 Å². The molecule has 4 atom stereocenters. The average Bonchev–Trinajstić information content (AvgIpc) is 2.79. The number of benzene rings is 1. The molecule has 0 spiro atoms. The Hall–Kier alpha value is -1.57. The Balaban J connectivity index is 1.96. The highest BCUT2D eigenvalue weighted by Crippen LogP contribution is 2.39. The van der Waals surface area contributed by atoms with Crippen molar-refractivity contribution in [2.75, 3.05) is 0 Å². The van der Waals surface area contributed by atoms with E-state index >= 15 is 0 Å². The number of allylic oxidation sites excluding steroid dienone is 1. The normalized spacial score (nSPS) is 25.2. The molecule has 0 aliphatic heterocycles. The SMILES string of the molecule is C=C1[C@@H](C)CC[C@@H]1[C@@H](C)C(=O)N[C@@H](C)c1ccccc1. The first-order chi connectivity index (χ1) is 9.50. The van der Waals surface area contributed by atoms with Crippen molar-refractivity contribution < 1.29 is 4.79 Å². The molecular formula is C18H25NO. The quantitative estimate of drug-likeness (QED) is 0.821. The lowest BCUT2D eigenvalue weighted by atomic mass is 9.87. The maximum absolute atomic E-state index is 12.4. The van der Waals surface area contributed by atoms with Crippen LogP contribution < -0.4 is 5.32 Å². The fraction of sp³-hybridized carbons (Fsp3) is 0.500. The zero-order valence-electron chi connectivity index (χ0n) is 12.7. The molecule has 1 amide bonds. The second-order valence-electron chi connectivity index (χ2n) is 6.09. The number of hydrogen-bond acceptors (Lipinski definition) is 1. The highest BCUT2D eigenvalue weighted by Gasteiger charge is 2.33. The lowest BCUT2D eigenvalue weighted by Gasteiger charge is -2.23. The molecule has 2 nitrogen and oxygen atoms in total. The summed E-state index contributed by atoms with van der Waals surface area (Å²) in [6.07, 6.45) is 2.25. The predicted molar refractivity (Wildman–Crippen MR) is 83.2 cm³/mol. The molecule has 0 bridgehead atoms. The largest absolute Gasteiger partial charge is 0.349 e. The van der Waals surface area contributed by atoms with Gasteiger partial charge in [0.25, 0.3) is 0 Å². The third-order valence-corrected chi connectivity index (χ3v) is 4.70. The zero-order valence-corrected chi connectivity index (χ0v) is 12.7. The van der Waals surface area contributed by atoms with Crippen LogP contribution in [-0.4, -0.2) is 5.91 Å². The molecule has 1 aromatic carbocycles. The van der Waals surface area contributed by atoms with Crippen molar-refractivity contribution in [2.24, 2.45) is 17.8 Å². The third kappa shape index (κ3) is 3.12. The highest BCUT2D eigenvalue weighted by molar-refractivity contribution is 5.79. The fourth-order valence-corrected chi connectivity index (χ4v) is 3.09. The summed E-state index contributed by atoms with van der Waals surface area (Å²) >= 11 is 0. The molecule has 1 aromatic rings. The standard InChI is InChI=1S/C18H25NO/c1-12-10-11-17(13(12)2)14(3)18(20)19-15(4)16-8-6-5-7-9-16/h5-9,12,14-15,17H,2,10-11H2,1,3-4H3,(H,19,20)/t12-,14+,15-,17-/m0/s1. The van der Waals surface area contributed by atoms with E-state index in [1.807, 2.05) is 44.2 Å². The van der Waals surface area contributed by atoms with Crippen LogP contribution in [0.15, 0.2) is 42.5 Å². The van der Waals surface area contributed by atoms with E-state index in [1.165, 1.54) is 5.57 Å². The molecule has 0 aromatic heterocycles. The smallest absolute Gasteiger partial charge is 0.223 e. The Morgan fingerprint density at radius 2 is 1.90 bits per heavy atom. The van der Waals surface area contributed by atoms with Crippen LogP contribution in [0.25, 0.3) is 0 Å². The van der Waals surface area contributed by atoms with E-state index in [0.29, 0.717) is 11.8 Å². The lowest BCUT2D eigenvalue weighted by molar-refractivity contribution is -0.126. The summed E-state index contributed by atoms with van der Waals surface area (Å²) in [5.41, 5.74) is 2.40. The summed E-state index contributed by atoms with van der Waals surface area (Å²) < 4.78 is 0. The molecule has 0 radical (unpaired) electrons. The highest BCUT2D eigenvalue weighted by atomic mass is 16.1. The van der Waals surface area contributed by atoms with Crippen LogP contribution in [0.5, 0.6) is 0 Å². The molecule has 1 N–H and O–H groups in total. The van der Waals surface area contributed by atoms with E-state index in [1.54, 1.807) is 0 Å². The predicted octanol–water partition coefficient (Wildman–Crippen LogP) is 4.10. The van der Waals surface area contributed by atoms with Crippen LogP contribution in [0.3, 0.4) is 0 Å². The lowest BCUT2D eigenvalue weighted by Crippen LogP contribution is -2.34. The fourth-order valence-electron chi connectivity index (χ4n) is 3.09. The number of nitrogens with one attached hydrogen (secondary N) is 1. The Labute approximate surface area is 122 Å². The van der Waals surface area contributed by atoms with E-state index in [9.17, 15) is 4.79 Å². The van der Waals surface area contributed by atoms with Gasteiger partial charge in [-0.1, -0.05) is 56.3 Å². The second kappa shape index (κ2) is 6.25. The molecule has 0 heterocycles. The van der Waals surface area contributed by atoms with Crippen molar-refractivity contribution in [2.45, 2.75) is 39.7 Å². The second-order valence-corrected chi connectivity index (χ2v) is 6.09. The van der Waals surface area contributed by atoms with Gasteiger partial charge in [-0.05, 0) is 37.2 Å². The van der Waals surface area contributed by atoms with Crippen LogP contribution in [-0.2, 0) is 4.79 Å². The summed E-state index contributed by atoms with van der Waals surface area (Å²) in [4.78, 5) is 12.4. The minimum absolute atomic E-state index is 0.0126. The van der Waals surface area contributed by atoms with Gasteiger partial charge in [0.05, 0.1) is 6.04 Å². The van der Waals surface area contributed by atoms with Crippen LogP contribution in [0.1, 0.15) is 45.2 Å². The van der Waals surface area contributed by atoms with Crippen LogP contribution in [0, 0.1) is 17.8 Å². The zero-order chi connectivity index (χ0) is 14.7. The van der Waals surface area contributed by atoms with Crippen molar-refractivity contribution in [1.29, 1.82) is 0 Å². The number of hydrogen-bond donors (Lipinski definition) is 1. The van der Waals surface area contributed by atoms with Gasteiger partial charge in [0.15, 0.2) is 0 Å². The maximum atomic E-state index is 12.4. The first-order valence-electron chi connectivity index (χ1n) is 7.54. The van der Waals surface area contributed by atoms with Crippen LogP contribution >= 0.6 is 0 Å². The Kier molecular flexibility index (Phi) is 4.64. The summed E-state index contributed by atoms with van der Waals surface area (Å²) in [6, 6.07) is 10.1.